The Morgan fingerprint density at radius 3 is 1.97 bits per heavy atom. The molecule has 0 spiro atoms. The molecule has 4 rings (SSSR count). The molecule has 0 unspecified atom stereocenters. The second kappa shape index (κ2) is 13.2. The summed E-state index contributed by atoms with van der Waals surface area (Å²) in [5.41, 5.74) is 1.27. The Balaban J connectivity index is 1.21. The van der Waals surface area contributed by atoms with Crippen molar-refractivity contribution in [1.29, 1.82) is 0 Å². The Labute approximate surface area is 218 Å². The van der Waals surface area contributed by atoms with Crippen LogP contribution < -0.4 is 4.74 Å². The van der Waals surface area contributed by atoms with E-state index < -0.39 is 12.0 Å². The van der Waals surface area contributed by atoms with Crippen LogP contribution in [0.2, 0.25) is 0 Å². The number of halogens is 2. The Bertz CT molecular complexity index is 818. The minimum Gasteiger partial charge on any atom is -0.432 e. The second-order valence-corrected chi connectivity index (χ2v) is 11.9. The predicted molar refractivity (Wildman–Crippen MR) is 146 cm³/mol. The Kier molecular flexibility index (Phi) is 10.1. The summed E-state index contributed by atoms with van der Waals surface area (Å²) in [6, 6.07) is 7.55. The molecule has 0 atom stereocenters. The first-order valence-corrected chi connectivity index (χ1v) is 14.9. The lowest BCUT2D eigenvalue weighted by molar-refractivity contribution is -0.224. The quantitative estimate of drug-likeness (QED) is 0.308. The molecule has 0 saturated heterocycles. The fraction of sp³-hybridized carbons (Fsp3) is 0.697. The number of ether oxygens (including phenoxy) is 1. The summed E-state index contributed by atoms with van der Waals surface area (Å²) in [4.78, 5) is 0. The van der Waals surface area contributed by atoms with Crippen molar-refractivity contribution in [3.05, 3.63) is 54.1 Å². The molecule has 36 heavy (non-hydrogen) atoms. The molecule has 0 aromatic heterocycles. The number of rotatable bonds is 9. The molecule has 0 heterocycles. The highest BCUT2D eigenvalue weighted by atomic mass is 19.3. The number of hydrogen-bond acceptors (Lipinski definition) is 1. The van der Waals surface area contributed by atoms with Gasteiger partial charge in [-0.15, -0.1) is 0 Å². The lowest BCUT2D eigenvalue weighted by atomic mass is 9.68. The van der Waals surface area contributed by atoms with E-state index in [0.29, 0.717) is 36.3 Å². The minimum atomic E-state index is -3.08. The van der Waals surface area contributed by atoms with Gasteiger partial charge in [0.2, 0.25) is 0 Å². The molecule has 1 aromatic carbocycles. The highest BCUT2D eigenvalue weighted by molar-refractivity contribution is 5.30. The number of benzene rings is 1. The molecule has 3 saturated carbocycles. The highest BCUT2D eigenvalue weighted by Gasteiger charge is 2.45. The molecule has 3 heteroatoms. The van der Waals surface area contributed by atoms with Gasteiger partial charge in [0.15, 0.2) is 0 Å². The van der Waals surface area contributed by atoms with Gasteiger partial charge in [-0.2, -0.15) is 8.78 Å². The molecule has 3 aliphatic carbocycles. The average molecular weight is 499 g/mol. The van der Waals surface area contributed by atoms with Crippen LogP contribution in [0.25, 0.3) is 0 Å². The van der Waals surface area contributed by atoms with E-state index in [1.807, 2.05) is 12.1 Å². The fourth-order valence-corrected chi connectivity index (χ4v) is 7.34. The van der Waals surface area contributed by atoms with Crippen LogP contribution in [-0.4, -0.2) is 6.11 Å². The number of alkyl halides is 2. The van der Waals surface area contributed by atoms with Gasteiger partial charge >= 0.3 is 6.11 Å². The fourth-order valence-electron chi connectivity index (χ4n) is 7.34. The van der Waals surface area contributed by atoms with E-state index in [0.717, 1.165) is 24.7 Å². The van der Waals surface area contributed by atoms with Crippen molar-refractivity contribution in [3.63, 3.8) is 0 Å². The van der Waals surface area contributed by atoms with Crippen molar-refractivity contribution < 1.29 is 13.5 Å². The van der Waals surface area contributed by atoms with Crippen LogP contribution in [-0.2, 0) is 0 Å². The zero-order chi connectivity index (χ0) is 25.4. The largest absolute Gasteiger partial charge is 0.432 e. The summed E-state index contributed by atoms with van der Waals surface area (Å²) in [5, 5.41) is 0. The Hall–Kier alpha value is -1.64. The zero-order valence-electron chi connectivity index (χ0n) is 22.6. The first kappa shape index (κ1) is 27.4. The number of allylic oxidation sites excluding steroid dienone is 4. The Morgan fingerprint density at radius 2 is 1.39 bits per heavy atom. The normalized spacial score (nSPS) is 32.2. The first-order chi connectivity index (χ1) is 17.5. The highest BCUT2D eigenvalue weighted by Crippen LogP contribution is 2.46. The maximum atomic E-state index is 15.1. The molecule has 3 aliphatic rings. The predicted octanol–water partition coefficient (Wildman–Crippen LogP) is 10.5. The van der Waals surface area contributed by atoms with Crippen molar-refractivity contribution in [1.82, 2.24) is 0 Å². The molecular weight excluding hydrogens is 450 g/mol. The summed E-state index contributed by atoms with van der Waals surface area (Å²) in [7, 11) is 0. The van der Waals surface area contributed by atoms with E-state index in [4.69, 9.17) is 4.74 Å². The molecule has 200 valence electrons. The summed E-state index contributed by atoms with van der Waals surface area (Å²) in [6.45, 7) is 4.18. The average Bonchev–Trinajstić information content (AvgIpc) is 2.90. The molecule has 1 nitrogen and oxygen atoms in total. The molecule has 3 fully saturated rings. The summed E-state index contributed by atoms with van der Waals surface area (Å²) < 4.78 is 35.5. The van der Waals surface area contributed by atoms with Gasteiger partial charge in [-0.3, -0.25) is 0 Å². The van der Waals surface area contributed by atoms with Gasteiger partial charge in [0.05, 0.1) is 5.92 Å². The van der Waals surface area contributed by atoms with E-state index in [9.17, 15) is 0 Å². The monoisotopic (exact) mass is 498 g/mol. The molecule has 0 aliphatic heterocycles. The summed E-state index contributed by atoms with van der Waals surface area (Å²) >= 11 is 0. The van der Waals surface area contributed by atoms with Gasteiger partial charge in [-0.1, -0.05) is 49.3 Å². The van der Waals surface area contributed by atoms with E-state index in [1.165, 1.54) is 69.8 Å². The van der Waals surface area contributed by atoms with Crippen molar-refractivity contribution in [2.75, 3.05) is 0 Å². The van der Waals surface area contributed by atoms with Gasteiger partial charge in [0, 0.05) is 0 Å². The van der Waals surface area contributed by atoms with E-state index in [-0.39, 0.29) is 0 Å². The standard InChI is InChI=1S/C33H48F2O/c1-3-5-6-8-26-11-15-27(16-12-26)29-17-21-31(22-18-29)33(34,35)36-32-23-19-30(20-24-32)28-13-9-25(7-4-2)10-14-28/h3-5,7,19-20,23-29,31H,6,8-18,21-22H2,1-2H3/b5-3+,7-4+. The molecular formula is C33H48F2O. The molecule has 1 aromatic rings. The van der Waals surface area contributed by atoms with Crippen LogP contribution in [0.5, 0.6) is 5.75 Å². The van der Waals surface area contributed by atoms with Crippen molar-refractivity contribution in [2.24, 2.45) is 29.6 Å². The molecule has 0 bridgehead atoms. The number of hydrogen-bond donors (Lipinski definition) is 0. The van der Waals surface area contributed by atoms with Gasteiger partial charge in [-0.25, -0.2) is 0 Å². The van der Waals surface area contributed by atoms with E-state index in [1.54, 1.807) is 12.1 Å². The second-order valence-electron chi connectivity index (χ2n) is 11.9. The lowest BCUT2D eigenvalue weighted by Crippen LogP contribution is -2.38. The van der Waals surface area contributed by atoms with Crippen molar-refractivity contribution in [3.8, 4) is 5.75 Å². The van der Waals surface area contributed by atoms with Crippen LogP contribution in [0.15, 0.2) is 48.6 Å². The van der Waals surface area contributed by atoms with Crippen molar-refractivity contribution in [2.45, 2.75) is 116 Å². The summed E-state index contributed by atoms with van der Waals surface area (Å²) in [6.07, 6.45) is 21.4. The molecule has 0 N–H and O–H groups in total. The lowest BCUT2D eigenvalue weighted by Gasteiger charge is -2.39. The van der Waals surface area contributed by atoms with Gasteiger partial charge < -0.3 is 4.74 Å². The van der Waals surface area contributed by atoms with Crippen LogP contribution in [0.4, 0.5) is 8.78 Å². The zero-order valence-corrected chi connectivity index (χ0v) is 22.6. The molecule has 0 radical (unpaired) electrons. The maximum Gasteiger partial charge on any atom is 0.400 e. The topological polar surface area (TPSA) is 9.23 Å². The maximum absolute atomic E-state index is 15.1. The van der Waals surface area contributed by atoms with Crippen LogP contribution in [0.1, 0.15) is 115 Å². The SMILES string of the molecule is C/C=C/CCC1CCC(C2CCC(C(F)(F)Oc3ccc(C4CCC(/C=C/C)CC4)cc3)CC2)CC1. The smallest absolute Gasteiger partial charge is 0.400 e. The summed E-state index contributed by atoms with van der Waals surface area (Å²) in [5.74, 6) is 3.14. The Morgan fingerprint density at radius 1 is 0.778 bits per heavy atom. The van der Waals surface area contributed by atoms with Crippen molar-refractivity contribution >= 4 is 0 Å². The minimum absolute atomic E-state index is 0.310. The third-order valence-electron chi connectivity index (χ3n) is 9.62. The van der Waals surface area contributed by atoms with Crippen LogP contribution >= 0.6 is 0 Å². The van der Waals surface area contributed by atoms with E-state index >= 15 is 8.78 Å². The van der Waals surface area contributed by atoms with Gasteiger partial charge in [0.1, 0.15) is 5.75 Å². The van der Waals surface area contributed by atoms with Crippen LogP contribution in [0.3, 0.4) is 0 Å². The third-order valence-corrected chi connectivity index (χ3v) is 9.62. The van der Waals surface area contributed by atoms with E-state index in [2.05, 4.69) is 38.2 Å². The van der Waals surface area contributed by atoms with Gasteiger partial charge in [-0.05, 0) is 138 Å². The molecule has 0 amide bonds. The first-order valence-electron chi connectivity index (χ1n) is 14.9. The van der Waals surface area contributed by atoms with Gasteiger partial charge in [0.25, 0.3) is 0 Å². The van der Waals surface area contributed by atoms with Crippen LogP contribution in [0, 0.1) is 29.6 Å². The third kappa shape index (κ3) is 7.45.